The zero-order valence-corrected chi connectivity index (χ0v) is 17.4. The Bertz CT molecular complexity index is 960. The number of carbonyl (C=O) groups is 1. The molecule has 2 aromatic carbocycles. The van der Waals surface area contributed by atoms with Crippen LogP contribution in [-0.2, 0) is 19.6 Å². The largest absolute Gasteiger partial charge is 0.462 e. The van der Waals surface area contributed by atoms with Crippen molar-refractivity contribution < 1.29 is 17.9 Å². The number of carbonyl (C=O) groups excluding carboxylic acids is 1. The second-order valence-electron chi connectivity index (χ2n) is 5.73. The Balaban J connectivity index is 2.49. The molecule has 0 saturated carbocycles. The summed E-state index contributed by atoms with van der Waals surface area (Å²) in [5, 5.41) is 0. The van der Waals surface area contributed by atoms with Gasteiger partial charge in [0.2, 0.25) is 10.0 Å². The lowest BCUT2D eigenvalue weighted by Crippen LogP contribution is -2.32. The van der Waals surface area contributed by atoms with Gasteiger partial charge in [-0.15, -0.1) is 5.73 Å². The predicted octanol–water partition coefficient (Wildman–Crippen LogP) is 4.05. The van der Waals surface area contributed by atoms with E-state index in [1.165, 1.54) is 12.1 Å². The van der Waals surface area contributed by atoms with Crippen LogP contribution in [0.2, 0.25) is 0 Å². The summed E-state index contributed by atoms with van der Waals surface area (Å²) in [6.07, 6.45) is 0. The monoisotopic (exact) mass is 449 g/mol. The summed E-state index contributed by atoms with van der Waals surface area (Å²) in [5.41, 5.74) is 4.04. The van der Waals surface area contributed by atoms with Gasteiger partial charge in [0.25, 0.3) is 0 Å². The molecule has 0 radical (unpaired) electrons. The van der Waals surface area contributed by atoms with E-state index in [1.807, 2.05) is 6.92 Å². The average molecular weight is 450 g/mol. The molecule has 0 heterocycles. The maximum atomic E-state index is 12.9. The van der Waals surface area contributed by atoms with Crippen LogP contribution in [0.3, 0.4) is 0 Å². The van der Waals surface area contributed by atoms with Gasteiger partial charge in [-0.25, -0.2) is 13.2 Å². The van der Waals surface area contributed by atoms with Crippen LogP contribution in [0.25, 0.3) is 0 Å². The first-order valence-corrected chi connectivity index (χ1v) is 10.5. The molecular formula is C20H20BrNO4S. The van der Waals surface area contributed by atoms with Crippen LogP contribution in [0.1, 0.15) is 24.1 Å². The second-order valence-corrected chi connectivity index (χ2v) is 8.36. The molecule has 2 aromatic rings. The first-order valence-electron chi connectivity index (χ1n) is 8.20. The molecule has 1 unspecified atom stereocenters. The van der Waals surface area contributed by atoms with E-state index in [2.05, 4.69) is 33.0 Å². The highest BCUT2D eigenvalue weighted by molar-refractivity contribution is 9.10. The van der Waals surface area contributed by atoms with E-state index < -0.39 is 22.0 Å². The lowest BCUT2D eigenvalue weighted by molar-refractivity contribution is -0.138. The summed E-state index contributed by atoms with van der Waals surface area (Å²) < 4.78 is 34.2. The summed E-state index contributed by atoms with van der Waals surface area (Å²) in [6, 6.07) is 12.4. The Kier molecular flexibility index (Phi) is 7.16. The highest BCUT2D eigenvalue weighted by Crippen LogP contribution is 2.26. The summed E-state index contributed by atoms with van der Waals surface area (Å²) in [4.78, 5) is 12.4. The number of nitrogens with one attached hydrogen (secondary N) is 1. The number of esters is 1. The van der Waals surface area contributed by atoms with Crippen LogP contribution in [0.5, 0.6) is 0 Å². The van der Waals surface area contributed by atoms with Crippen molar-refractivity contribution in [2.45, 2.75) is 24.8 Å². The van der Waals surface area contributed by atoms with E-state index in [4.69, 9.17) is 4.74 Å². The van der Waals surface area contributed by atoms with Crippen LogP contribution in [0, 0.1) is 6.92 Å². The number of sulfonamides is 1. The molecule has 0 saturated heterocycles. The zero-order chi connectivity index (χ0) is 20.0. The van der Waals surface area contributed by atoms with Gasteiger partial charge < -0.3 is 4.74 Å². The normalized spacial score (nSPS) is 12.1. The molecule has 142 valence electrons. The molecule has 0 fully saturated rings. The second kappa shape index (κ2) is 9.15. The Morgan fingerprint density at radius 1 is 1.19 bits per heavy atom. The Hall–Kier alpha value is -2.18. The van der Waals surface area contributed by atoms with Gasteiger partial charge in [-0.05, 0) is 43.7 Å². The lowest BCUT2D eigenvalue weighted by atomic mass is 10.0. The molecule has 0 aliphatic carbocycles. The fourth-order valence-corrected chi connectivity index (χ4v) is 3.85. The Morgan fingerprint density at radius 2 is 1.78 bits per heavy atom. The Morgan fingerprint density at radius 3 is 2.30 bits per heavy atom. The number of hydrogen-bond donors (Lipinski definition) is 1. The van der Waals surface area contributed by atoms with Crippen LogP contribution in [0.4, 0.5) is 0 Å². The molecule has 5 nitrogen and oxygen atoms in total. The number of hydrogen-bond acceptors (Lipinski definition) is 4. The van der Waals surface area contributed by atoms with E-state index in [9.17, 15) is 13.2 Å². The first-order chi connectivity index (χ1) is 12.8. The number of rotatable bonds is 7. The smallest absolute Gasteiger partial charge is 0.343 e. The van der Waals surface area contributed by atoms with Gasteiger partial charge in [0.15, 0.2) is 0 Å². The predicted molar refractivity (Wildman–Crippen MR) is 108 cm³/mol. The van der Waals surface area contributed by atoms with Crippen molar-refractivity contribution in [1.29, 1.82) is 0 Å². The van der Waals surface area contributed by atoms with E-state index in [0.29, 0.717) is 5.56 Å². The van der Waals surface area contributed by atoms with Crippen molar-refractivity contribution >= 4 is 31.9 Å². The minimum atomic E-state index is -3.90. The molecule has 0 aromatic heterocycles. The standard InChI is InChI=1S/C20H20BrNO4S/c1-4-18(20(23)26-5-2)19(15-8-10-16(21)11-9-15)22-27(24,25)17-12-6-14(3)7-13-17/h6-13,19,22H,1,5H2,2-3H3. The van der Waals surface area contributed by atoms with Crippen molar-refractivity contribution in [2.75, 3.05) is 6.61 Å². The highest BCUT2D eigenvalue weighted by Gasteiger charge is 2.29. The lowest BCUT2D eigenvalue weighted by Gasteiger charge is -2.20. The molecule has 1 atom stereocenters. The molecule has 0 aliphatic rings. The highest BCUT2D eigenvalue weighted by atomic mass is 79.9. The van der Waals surface area contributed by atoms with Gasteiger partial charge in [-0.3, -0.25) is 0 Å². The van der Waals surface area contributed by atoms with Crippen molar-refractivity contribution in [3.8, 4) is 0 Å². The minimum absolute atomic E-state index is 0.00476. The number of ether oxygens (including phenoxy) is 1. The van der Waals surface area contributed by atoms with E-state index in [-0.39, 0.29) is 17.1 Å². The number of halogens is 1. The average Bonchev–Trinajstić information content (AvgIpc) is 2.63. The van der Waals surface area contributed by atoms with Gasteiger partial charge in [0, 0.05) is 4.47 Å². The molecule has 0 spiro atoms. The van der Waals surface area contributed by atoms with Crippen LogP contribution in [-0.4, -0.2) is 21.0 Å². The van der Waals surface area contributed by atoms with Gasteiger partial charge in [-0.2, -0.15) is 4.72 Å². The SMILES string of the molecule is C=C=C(C(=O)OCC)C(NS(=O)(=O)c1ccc(C)cc1)c1ccc(Br)cc1. The molecule has 7 heteroatoms. The molecule has 0 aliphatic heterocycles. The van der Waals surface area contributed by atoms with E-state index in [1.54, 1.807) is 43.3 Å². The molecule has 27 heavy (non-hydrogen) atoms. The molecule has 0 amide bonds. The van der Waals surface area contributed by atoms with Crippen molar-refractivity contribution in [1.82, 2.24) is 4.72 Å². The van der Waals surface area contributed by atoms with Crippen molar-refractivity contribution in [3.63, 3.8) is 0 Å². The maximum Gasteiger partial charge on any atom is 0.343 e. The van der Waals surface area contributed by atoms with Crippen molar-refractivity contribution in [3.05, 3.63) is 82.0 Å². The fraction of sp³-hybridized carbons (Fsp3) is 0.200. The minimum Gasteiger partial charge on any atom is -0.462 e. The third-order valence-electron chi connectivity index (χ3n) is 3.78. The summed E-state index contributed by atoms with van der Waals surface area (Å²) in [5.74, 6) is -0.674. The fourth-order valence-electron chi connectivity index (χ4n) is 2.39. The van der Waals surface area contributed by atoms with Gasteiger partial charge in [-0.1, -0.05) is 52.3 Å². The number of aryl methyl sites for hydroxylation is 1. The van der Waals surface area contributed by atoms with Gasteiger partial charge >= 0.3 is 5.97 Å². The van der Waals surface area contributed by atoms with Gasteiger partial charge in [0.05, 0.1) is 17.5 Å². The third kappa shape index (κ3) is 5.40. The summed E-state index contributed by atoms with van der Waals surface area (Å²) >= 11 is 3.34. The maximum absolute atomic E-state index is 12.9. The van der Waals surface area contributed by atoms with Crippen LogP contribution >= 0.6 is 15.9 Å². The molecular weight excluding hydrogens is 430 g/mol. The van der Waals surface area contributed by atoms with E-state index in [0.717, 1.165) is 10.0 Å². The first kappa shape index (κ1) is 21.1. The quantitative estimate of drug-likeness (QED) is 0.393. The molecule has 1 N–H and O–H groups in total. The molecule has 2 rings (SSSR count). The summed E-state index contributed by atoms with van der Waals surface area (Å²) in [6.45, 7) is 7.23. The van der Waals surface area contributed by atoms with E-state index >= 15 is 0 Å². The van der Waals surface area contributed by atoms with Gasteiger partial charge in [0.1, 0.15) is 5.57 Å². The topological polar surface area (TPSA) is 72.5 Å². The number of benzene rings is 2. The zero-order valence-electron chi connectivity index (χ0n) is 15.0. The Labute approximate surface area is 167 Å². The molecule has 0 bridgehead atoms. The van der Waals surface area contributed by atoms with Crippen molar-refractivity contribution in [2.24, 2.45) is 0 Å². The summed E-state index contributed by atoms with van der Waals surface area (Å²) in [7, 11) is -3.90. The van der Waals surface area contributed by atoms with Crippen LogP contribution in [0.15, 0.2) is 75.8 Å². The third-order valence-corrected chi connectivity index (χ3v) is 5.75. The van der Waals surface area contributed by atoms with Crippen LogP contribution < -0.4 is 4.72 Å².